The van der Waals surface area contributed by atoms with Crippen LogP contribution in [0.5, 0.6) is 0 Å². The lowest BCUT2D eigenvalue weighted by atomic mass is 10.2. The molecule has 0 spiro atoms. The highest BCUT2D eigenvalue weighted by Crippen LogP contribution is 2.21. The standard InChI is InChI=1S/C18H15ClN2O5/c1-12-10-15(21(24)25)7-8-16(12)20-17(22)11-26-18(23)9-4-13-2-5-14(19)6-3-13/h2-10H,11H2,1H3,(H,20,22)/b9-4+. The number of non-ortho nitro benzene ring substituents is 1. The zero-order valence-electron chi connectivity index (χ0n) is 13.8. The number of aryl methyl sites for hydroxylation is 1. The number of halogens is 1. The van der Waals surface area contributed by atoms with Crippen LogP contribution in [0.15, 0.2) is 48.5 Å². The first-order valence-corrected chi connectivity index (χ1v) is 7.88. The molecule has 0 aromatic heterocycles. The van der Waals surface area contributed by atoms with E-state index in [1.165, 1.54) is 30.4 Å². The van der Waals surface area contributed by atoms with Crippen LogP contribution in [0.25, 0.3) is 6.08 Å². The lowest BCUT2D eigenvalue weighted by molar-refractivity contribution is -0.384. The molecule has 2 aromatic carbocycles. The van der Waals surface area contributed by atoms with E-state index in [0.29, 0.717) is 16.3 Å². The van der Waals surface area contributed by atoms with Crippen LogP contribution in [0, 0.1) is 17.0 Å². The molecule has 0 saturated carbocycles. The predicted octanol–water partition coefficient (Wildman–Crippen LogP) is 3.75. The lowest BCUT2D eigenvalue weighted by Gasteiger charge is -2.08. The van der Waals surface area contributed by atoms with Crippen LogP contribution in [-0.4, -0.2) is 23.4 Å². The molecule has 0 fully saturated rings. The van der Waals surface area contributed by atoms with E-state index < -0.39 is 23.4 Å². The Bertz CT molecular complexity index is 862. The van der Waals surface area contributed by atoms with E-state index in [1.807, 2.05) is 0 Å². The van der Waals surface area contributed by atoms with Gasteiger partial charge in [0.1, 0.15) is 0 Å². The van der Waals surface area contributed by atoms with Gasteiger partial charge in [0.15, 0.2) is 6.61 Å². The number of benzene rings is 2. The summed E-state index contributed by atoms with van der Waals surface area (Å²) in [6.45, 7) is 1.16. The van der Waals surface area contributed by atoms with Crippen molar-refractivity contribution >= 4 is 40.9 Å². The van der Waals surface area contributed by atoms with Crippen LogP contribution in [0.3, 0.4) is 0 Å². The normalized spacial score (nSPS) is 10.5. The van der Waals surface area contributed by atoms with Crippen LogP contribution in [0.1, 0.15) is 11.1 Å². The minimum absolute atomic E-state index is 0.0701. The molecule has 0 aliphatic heterocycles. The summed E-state index contributed by atoms with van der Waals surface area (Å²) in [6, 6.07) is 10.9. The fourth-order valence-electron chi connectivity index (χ4n) is 2.01. The summed E-state index contributed by atoms with van der Waals surface area (Å²) in [5.41, 5.74) is 1.63. The van der Waals surface area contributed by atoms with E-state index in [0.717, 1.165) is 5.56 Å². The minimum atomic E-state index is -0.671. The second-order valence-corrected chi connectivity index (χ2v) is 5.73. The molecule has 2 rings (SSSR count). The number of nitro benzene ring substituents is 1. The van der Waals surface area contributed by atoms with E-state index in [2.05, 4.69) is 5.32 Å². The number of carbonyl (C=O) groups is 2. The van der Waals surface area contributed by atoms with Crippen LogP contribution < -0.4 is 5.32 Å². The molecular formula is C18H15ClN2O5. The molecule has 1 N–H and O–H groups in total. The molecule has 7 nitrogen and oxygen atoms in total. The summed E-state index contributed by atoms with van der Waals surface area (Å²) < 4.78 is 4.85. The highest BCUT2D eigenvalue weighted by atomic mass is 35.5. The minimum Gasteiger partial charge on any atom is -0.452 e. The van der Waals surface area contributed by atoms with Crippen LogP contribution in [-0.2, 0) is 14.3 Å². The third-order valence-electron chi connectivity index (χ3n) is 3.32. The topological polar surface area (TPSA) is 98.5 Å². The number of nitrogens with zero attached hydrogens (tertiary/aromatic N) is 1. The van der Waals surface area contributed by atoms with Crippen LogP contribution >= 0.6 is 11.6 Å². The Morgan fingerprint density at radius 3 is 2.54 bits per heavy atom. The van der Waals surface area contributed by atoms with Gasteiger partial charge >= 0.3 is 5.97 Å². The molecule has 0 saturated heterocycles. The SMILES string of the molecule is Cc1cc([N+](=O)[O-])ccc1NC(=O)COC(=O)/C=C/c1ccc(Cl)cc1. The molecule has 0 aliphatic rings. The van der Waals surface area contributed by atoms with Gasteiger partial charge in [0.25, 0.3) is 11.6 Å². The van der Waals surface area contributed by atoms with Crippen LogP contribution in [0.4, 0.5) is 11.4 Å². The van der Waals surface area contributed by atoms with Crippen molar-refractivity contribution in [3.63, 3.8) is 0 Å². The van der Waals surface area contributed by atoms with Crippen molar-refractivity contribution < 1.29 is 19.2 Å². The molecule has 8 heteroatoms. The molecule has 0 heterocycles. The number of nitrogens with one attached hydrogen (secondary N) is 1. The number of rotatable bonds is 6. The Morgan fingerprint density at radius 2 is 1.92 bits per heavy atom. The first-order chi connectivity index (χ1) is 12.3. The van der Waals surface area contributed by atoms with Gasteiger partial charge in [0.05, 0.1) is 4.92 Å². The van der Waals surface area contributed by atoms with Crippen molar-refractivity contribution in [2.24, 2.45) is 0 Å². The van der Waals surface area contributed by atoms with Crippen molar-refractivity contribution in [3.8, 4) is 0 Å². The second kappa shape index (κ2) is 8.77. The first-order valence-electron chi connectivity index (χ1n) is 7.50. The van der Waals surface area contributed by atoms with Gasteiger partial charge in [-0.1, -0.05) is 23.7 Å². The zero-order valence-corrected chi connectivity index (χ0v) is 14.5. The molecule has 134 valence electrons. The average molecular weight is 375 g/mol. The van der Waals surface area contributed by atoms with Crippen molar-refractivity contribution in [2.45, 2.75) is 6.92 Å². The Labute approximate surface area is 154 Å². The van der Waals surface area contributed by atoms with E-state index in [4.69, 9.17) is 16.3 Å². The molecule has 0 bridgehead atoms. The molecular weight excluding hydrogens is 360 g/mol. The largest absolute Gasteiger partial charge is 0.452 e. The highest BCUT2D eigenvalue weighted by Gasteiger charge is 2.11. The molecule has 0 aliphatic carbocycles. The van der Waals surface area contributed by atoms with E-state index in [1.54, 1.807) is 31.2 Å². The number of ether oxygens (including phenoxy) is 1. The molecule has 2 aromatic rings. The van der Waals surface area contributed by atoms with E-state index in [9.17, 15) is 19.7 Å². The van der Waals surface area contributed by atoms with Gasteiger partial charge in [-0.15, -0.1) is 0 Å². The van der Waals surface area contributed by atoms with Gasteiger partial charge in [-0.2, -0.15) is 0 Å². The zero-order chi connectivity index (χ0) is 19.1. The number of hydrogen-bond acceptors (Lipinski definition) is 5. The molecule has 0 unspecified atom stereocenters. The highest BCUT2D eigenvalue weighted by molar-refractivity contribution is 6.30. The number of amides is 1. The van der Waals surface area contributed by atoms with Crippen molar-refractivity contribution in [1.29, 1.82) is 0 Å². The second-order valence-electron chi connectivity index (χ2n) is 5.30. The Morgan fingerprint density at radius 1 is 1.23 bits per heavy atom. The summed E-state index contributed by atoms with van der Waals surface area (Å²) in [5, 5.41) is 13.8. The summed E-state index contributed by atoms with van der Waals surface area (Å²) >= 11 is 5.77. The number of esters is 1. The van der Waals surface area contributed by atoms with Gasteiger partial charge < -0.3 is 10.1 Å². The molecule has 1 amide bonds. The van der Waals surface area contributed by atoms with Crippen molar-refractivity contribution in [3.05, 3.63) is 74.8 Å². The maximum Gasteiger partial charge on any atom is 0.331 e. The van der Waals surface area contributed by atoms with Gasteiger partial charge in [0, 0.05) is 28.9 Å². The fraction of sp³-hybridized carbons (Fsp3) is 0.111. The number of hydrogen-bond donors (Lipinski definition) is 1. The lowest BCUT2D eigenvalue weighted by Crippen LogP contribution is -2.20. The molecule has 0 atom stereocenters. The fourth-order valence-corrected chi connectivity index (χ4v) is 2.14. The maximum atomic E-state index is 11.8. The summed E-state index contributed by atoms with van der Waals surface area (Å²) in [7, 11) is 0. The van der Waals surface area contributed by atoms with Crippen LogP contribution in [0.2, 0.25) is 5.02 Å². The van der Waals surface area contributed by atoms with Crippen molar-refractivity contribution in [1.82, 2.24) is 0 Å². The van der Waals surface area contributed by atoms with Gasteiger partial charge in [0.2, 0.25) is 0 Å². The number of carbonyl (C=O) groups excluding carboxylic acids is 2. The third kappa shape index (κ3) is 5.71. The number of anilines is 1. The first kappa shape index (κ1) is 19.1. The monoisotopic (exact) mass is 374 g/mol. The predicted molar refractivity (Wildman–Crippen MR) is 97.9 cm³/mol. The average Bonchev–Trinajstić information content (AvgIpc) is 2.61. The summed E-state index contributed by atoms with van der Waals surface area (Å²) in [4.78, 5) is 33.6. The summed E-state index contributed by atoms with van der Waals surface area (Å²) in [5.74, 6) is -1.22. The Kier molecular flexibility index (Phi) is 6.46. The van der Waals surface area contributed by atoms with E-state index in [-0.39, 0.29) is 5.69 Å². The van der Waals surface area contributed by atoms with Crippen molar-refractivity contribution in [2.75, 3.05) is 11.9 Å². The Balaban J connectivity index is 1.85. The third-order valence-corrected chi connectivity index (χ3v) is 3.57. The smallest absolute Gasteiger partial charge is 0.331 e. The molecule has 0 radical (unpaired) electrons. The quantitative estimate of drug-likeness (QED) is 0.359. The molecule has 26 heavy (non-hydrogen) atoms. The summed E-state index contributed by atoms with van der Waals surface area (Å²) in [6.07, 6.45) is 2.74. The van der Waals surface area contributed by atoms with E-state index >= 15 is 0 Å². The van der Waals surface area contributed by atoms with Gasteiger partial charge in [-0.3, -0.25) is 14.9 Å². The van der Waals surface area contributed by atoms with Gasteiger partial charge in [-0.05, 0) is 42.3 Å². The Hall–Kier alpha value is -3.19. The number of nitro groups is 1. The maximum absolute atomic E-state index is 11.8. The van der Waals surface area contributed by atoms with Gasteiger partial charge in [-0.25, -0.2) is 4.79 Å².